The summed E-state index contributed by atoms with van der Waals surface area (Å²) in [5.74, 6) is 1.43. The molecule has 1 aliphatic carbocycles. The van der Waals surface area contributed by atoms with Gasteiger partial charge in [-0.15, -0.1) is 5.10 Å². The van der Waals surface area contributed by atoms with Gasteiger partial charge in [0.05, 0.1) is 18.3 Å². The molecule has 4 heteroatoms. The second kappa shape index (κ2) is 5.00. The number of aryl methyl sites for hydroxylation is 1. The zero-order chi connectivity index (χ0) is 12.3. The van der Waals surface area contributed by atoms with Crippen LogP contribution < -0.4 is 5.32 Å². The molecule has 0 bridgehead atoms. The Morgan fingerprint density at radius 3 is 3.06 bits per heavy atom. The Hall–Kier alpha value is -1.16. The van der Waals surface area contributed by atoms with Gasteiger partial charge in [0, 0.05) is 0 Å². The molecule has 2 rings (SSSR count). The van der Waals surface area contributed by atoms with Crippen LogP contribution in [-0.4, -0.2) is 27.4 Å². The molecule has 0 aromatic carbocycles. The molecule has 17 heavy (non-hydrogen) atoms. The van der Waals surface area contributed by atoms with Crippen molar-refractivity contribution in [3.8, 4) is 0 Å². The average Bonchev–Trinajstić information content (AvgIpc) is 2.29. The summed E-state index contributed by atoms with van der Waals surface area (Å²) >= 11 is 0. The summed E-state index contributed by atoms with van der Waals surface area (Å²) in [6, 6.07) is 1.98. The molecule has 0 aliphatic heterocycles. The van der Waals surface area contributed by atoms with E-state index >= 15 is 0 Å². The van der Waals surface area contributed by atoms with Crippen molar-refractivity contribution in [3.05, 3.63) is 17.8 Å². The molecule has 2 unspecified atom stereocenters. The number of rotatable bonds is 3. The van der Waals surface area contributed by atoms with Crippen molar-refractivity contribution in [3.63, 3.8) is 0 Å². The Morgan fingerprint density at radius 1 is 1.59 bits per heavy atom. The van der Waals surface area contributed by atoms with E-state index in [4.69, 9.17) is 0 Å². The summed E-state index contributed by atoms with van der Waals surface area (Å²) in [7, 11) is 0. The van der Waals surface area contributed by atoms with Gasteiger partial charge in [0.2, 0.25) is 0 Å². The number of aromatic nitrogens is 2. The van der Waals surface area contributed by atoms with Crippen molar-refractivity contribution in [2.24, 2.45) is 5.92 Å². The predicted octanol–water partition coefficient (Wildman–Crippen LogP) is 2.14. The summed E-state index contributed by atoms with van der Waals surface area (Å²) < 4.78 is 0. The normalized spacial score (nSPS) is 29.0. The fourth-order valence-electron chi connectivity index (χ4n) is 2.75. The lowest BCUT2D eigenvalue weighted by Crippen LogP contribution is -2.46. The van der Waals surface area contributed by atoms with E-state index in [0.717, 1.165) is 30.6 Å². The second-order valence-corrected chi connectivity index (χ2v) is 5.38. The second-order valence-electron chi connectivity index (χ2n) is 5.38. The molecular formula is C13H21N3O. The highest BCUT2D eigenvalue weighted by atomic mass is 16.3. The van der Waals surface area contributed by atoms with Gasteiger partial charge in [-0.05, 0) is 37.3 Å². The monoisotopic (exact) mass is 235 g/mol. The van der Waals surface area contributed by atoms with Crippen LogP contribution in [0.25, 0.3) is 0 Å². The smallest absolute Gasteiger partial charge is 0.149 e. The predicted molar refractivity (Wildman–Crippen MR) is 67.8 cm³/mol. The van der Waals surface area contributed by atoms with Crippen LogP contribution in [0.1, 0.15) is 38.2 Å². The van der Waals surface area contributed by atoms with Gasteiger partial charge in [0.25, 0.3) is 0 Å². The zero-order valence-corrected chi connectivity index (χ0v) is 10.6. The number of nitrogens with one attached hydrogen (secondary N) is 1. The third-order valence-electron chi connectivity index (χ3n) is 3.58. The topological polar surface area (TPSA) is 58.0 Å². The van der Waals surface area contributed by atoms with Crippen molar-refractivity contribution in [2.45, 2.75) is 45.1 Å². The molecule has 0 amide bonds. The highest BCUT2D eigenvalue weighted by molar-refractivity contribution is 5.38. The molecule has 1 saturated carbocycles. The van der Waals surface area contributed by atoms with Gasteiger partial charge in [0.1, 0.15) is 5.82 Å². The average molecular weight is 235 g/mol. The van der Waals surface area contributed by atoms with Crippen LogP contribution in [0.2, 0.25) is 0 Å². The minimum atomic E-state index is -0.208. The minimum absolute atomic E-state index is 0.160. The highest BCUT2D eigenvalue weighted by Gasteiger charge is 2.34. The molecule has 0 spiro atoms. The van der Waals surface area contributed by atoms with Crippen molar-refractivity contribution in [2.75, 3.05) is 11.9 Å². The summed E-state index contributed by atoms with van der Waals surface area (Å²) in [4.78, 5) is 0. The first-order valence-electron chi connectivity index (χ1n) is 6.32. The van der Waals surface area contributed by atoms with Crippen molar-refractivity contribution in [1.82, 2.24) is 10.2 Å². The van der Waals surface area contributed by atoms with Gasteiger partial charge in [-0.3, -0.25) is 0 Å². The largest absolute Gasteiger partial charge is 0.394 e. The fourth-order valence-corrected chi connectivity index (χ4v) is 2.75. The van der Waals surface area contributed by atoms with Crippen LogP contribution in [0.15, 0.2) is 12.3 Å². The molecule has 4 nitrogen and oxygen atoms in total. The summed E-state index contributed by atoms with van der Waals surface area (Å²) in [5, 5.41) is 21.1. The first kappa shape index (κ1) is 12.3. The van der Waals surface area contributed by atoms with Gasteiger partial charge < -0.3 is 10.4 Å². The standard InChI is InChI=1S/C13H21N3O/c1-10-4-3-5-13(7-10,9-17)15-12-6-11(2)8-14-16-12/h6,8,10,17H,3-5,7,9H2,1-2H3,(H,15,16). The minimum Gasteiger partial charge on any atom is -0.394 e. The third kappa shape index (κ3) is 2.94. The molecule has 1 aliphatic rings. The van der Waals surface area contributed by atoms with E-state index in [0.29, 0.717) is 5.92 Å². The number of hydrogen-bond acceptors (Lipinski definition) is 4. The van der Waals surface area contributed by atoms with E-state index in [-0.39, 0.29) is 12.1 Å². The van der Waals surface area contributed by atoms with Crippen molar-refractivity contribution in [1.29, 1.82) is 0 Å². The first-order chi connectivity index (χ1) is 8.13. The lowest BCUT2D eigenvalue weighted by Gasteiger charge is -2.39. The van der Waals surface area contributed by atoms with E-state index in [1.807, 2.05) is 13.0 Å². The van der Waals surface area contributed by atoms with Crippen LogP contribution >= 0.6 is 0 Å². The Labute approximate surface area is 102 Å². The molecule has 94 valence electrons. The molecular weight excluding hydrogens is 214 g/mol. The summed E-state index contributed by atoms with van der Waals surface area (Å²) in [5.41, 5.74) is 0.875. The van der Waals surface area contributed by atoms with E-state index in [1.54, 1.807) is 6.20 Å². The van der Waals surface area contributed by atoms with Crippen LogP contribution in [0, 0.1) is 12.8 Å². The van der Waals surface area contributed by atoms with Gasteiger partial charge in [-0.2, -0.15) is 5.10 Å². The summed E-state index contributed by atoms with van der Waals surface area (Å²) in [6.45, 7) is 4.40. The maximum Gasteiger partial charge on any atom is 0.149 e. The number of aliphatic hydroxyl groups is 1. The molecule has 2 N–H and O–H groups in total. The molecule has 1 fully saturated rings. The van der Waals surface area contributed by atoms with Crippen LogP contribution in [0.5, 0.6) is 0 Å². The molecule has 0 radical (unpaired) electrons. The lowest BCUT2D eigenvalue weighted by atomic mass is 9.77. The maximum atomic E-state index is 9.68. The van der Waals surface area contributed by atoms with Crippen LogP contribution in [0.4, 0.5) is 5.82 Å². The van der Waals surface area contributed by atoms with E-state index in [2.05, 4.69) is 22.4 Å². The van der Waals surface area contributed by atoms with Gasteiger partial charge in [0.15, 0.2) is 0 Å². The number of nitrogens with zero attached hydrogens (tertiary/aromatic N) is 2. The molecule has 0 saturated heterocycles. The lowest BCUT2D eigenvalue weighted by molar-refractivity contribution is 0.149. The zero-order valence-electron chi connectivity index (χ0n) is 10.6. The van der Waals surface area contributed by atoms with Crippen LogP contribution in [-0.2, 0) is 0 Å². The number of aliphatic hydroxyl groups excluding tert-OH is 1. The molecule has 1 aromatic rings. The maximum absolute atomic E-state index is 9.68. The Bertz CT molecular complexity index is 383. The SMILES string of the molecule is Cc1cnnc(NC2(CO)CCCC(C)C2)c1. The van der Waals surface area contributed by atoms with Gasteiger partial charge in [-0.1, -0.05) is 19.8 Å². The summed E-state index contributed by atoms with van der Waals surface area (Å²) in [6.07, 6.45) is 6.15. The molecule has 1 heterocycles. The number of hydrogen-bond donors (Lipinski definition) is 2. The number of anilines is 1. The third-order valence-corrected chi connectivity index (χ3v) is 3.58. The Kier molecular flexibility index (Phi) is 3.62. The highest BCUT2D eigenvalue weighted by Crippen LogP contribution is 2.34. The van der Waals surface area contributed by atoms with Crippen molar-refractivity contribution >= 4 is 5.82 Å². The van der Waals surface area contributed by atoms with Gasteiger partial charge >= 0.3 is 0 Å². The Morgan fingerprint density at radius 2 is 2.41 bits per heavy atom. The van der Waals surface area contributed by atoms with Gasteiger partial charge in [-0.25, -0.2) is 0 Å². The van der Waals surface area contributed by atoms with E-state index < -0.39 is 0 Å². The van der Waals surface area contributed by atoms with E-state index in [1.165, 1.54) is 6.42 Å². The van der Waals surface area contributed by atoms with Crippen LogP contribution in [0.3, 0.4) is 0 Å². The quantitative estimate of drug-likeness (QED) is 0.842. The molecule has 2 atom stereocenters. The molecule has 1 aromatic heterocycles. The first-order valence-corrected chi connectivity index (χ1v) is 6.32. The Balaban J connectivity index is 2.13. The fraction of sp³-hybridized carbons (Fsp3) is 0.692. The van der Waals surface area contributed by atoms with E-state index in [9.17, 15) is 5.11 Å². The van der Waals surface area contributed by atoms with Crippen molar-refractivity contribution < 1.29 is 5.11 Å².